The summed E-state index contributed by atoms with van der Waals surface area (Å²) in [6.45, 7) is 4.59. The molecular formula is C16H21NO. The summed E-state index contributed by atoms with van der Waals surface area (Å²) in [7, 11) is 0. The summed E-state index contributed by atoms with van der Waals surface area (Å²) in [6.07, 6.45) is 0.326. The molecular weight excluding hydrogens is 222 g/mol. The summed E-state index contributed by atoms with van der Waals surface area (Å²) < 4.78 is 0. The molecule has 0 aliphatic heterocycles. The third-order valence-electron chi connectivity index (χ3n) is 4.05. The lowest BCUT2D eigenvalue weighted by molar-refractivity contribution is 0.0403. The highest BCUT2D eigenvalue weighted by Gasteiger charge is 2.31. The van der Waals surface area contributed by atoms with Crippen LogP contribution in [0.15, 0.2) is 42.5 Å². The molecule has 2 unspecified atom stereocenters. The topological polar surface area (TPSA) is 46.2 Å². The van der Waals surface area contributed by atoms with Crippen molar-refractivity contribution in [3.63, 3.8) is 0 Å². The van der Waals surface area contributed by atoms with Crippen LogP contribution in [0.1, 0.15) is 31.9 Å². The van der Waals surface area contributed by atoms with E-state index in [4.69, 9.17) is 5.73 Å². The van der Waals surface area contributed by atoms with Crippen LogP contribution in [-0.2, 0) is 0 Å². The summed E-state index contributed by atoms with van der Waals surface area (Å²) in [5.74, 6) is 0. The summed E-state index contributed by atoms with van der Waals surface area (Å²) >= 11 is 0. The van der Waals surface area contributed by atoms with Crippen LogP contribution >= 0.6 is 0 Å². The molecule has 0 aliphatic carbocycles. The predicted molar refractivity (Wildman–Crippen MR) is 76.4 cm³/mol. The molecule has 0 saturated carbocycles. The van der Waals surface area contributed by atoms with Gasteiger partial charge in [-0.2, -0.15) is 0 Å². The molecule has 2 aromatic rings. The number of aliphatic hydroxyl groups excluding tert-OH is 1. The molecule has 0 fully saturated rings. The minimum absolute atomic E-state index is 0.274. The molecule has 0 spiro atoms. The van der Waals surface area contributed by atoms with E-state index in [9.17, 15) is 5.11 Å². The first kappa shape index (κ1) is 13.1. The van der Waals surface area contributed by atoms with E-state index in [2.05, 4.69) is 25.1 Å². The van der Waals surface area contributed by atoms with Crippen molar-refractivity contribution in [2.24, 2.45) is 11.1 Å². The first-order valence-corrected chi connectivity index (χ1v) is 6.48. The zero-order chi connectivity index (χ0) is 13.2. The van der Waals surface area contributed by atoms with Gasteiger partial charge in [-0.25, -0.2) is 0 Å². The van der Waals surface area contributed by atoms with E-state index in [1.807, 2.05) is 31.2 Å². The molecule has 96 valence electrons. The van der Waals surface area contributed by atoms with Crippen LogP contribution in [-0.4, -0.2) is 11.7 Å². The van der Waals surface area contributed by atoms with Crippen molar-refractivity contribution in [3.8, 4) is 0 Å². The summed E-state index contributed by atoms with van der Waals surface area (Å²) in [5, 5.41) is 12.9. The van der Waals surface area contributed by atoms with Gasteiger partial charge in [-0.1, -0.05) is 56.3 Å². The minimum Gasteiger partial charge on any atom is -0.388 e. The highest BCUT2D eigenvalue weighted by atomic mass is 16.3. The summed E-state index contributed by atoms with van der Waals surface area (Å²) in [5.41, 5.74) is 6.54. The van der Waals surface area contributed by atoms with E-state index in [0.29, 0.717) is 6.54 Å². The zero-order valence-corrected chi connectivity index (χ0v) is 11.1. The summed E-state index contributed by atoms with van der Waals surface area (Å²) in [6, 6.07) is 14.2. The number of rotatable bonds is 4. The smallest absolute Gasteiger partial charge is 0.0861 e. The highest BCUT2D eigenvalue weighted by molar-refractivity contribution is 5.86. The van der Waals surface area contributed by atoms with E-state index < -0.39 is 6.10 Å². The van der Waals surface area contributed by atoms with Gasteiger partial charge in [0.05, 0.1) is 6.10 Å². The van der Waals surface area contributed by atoms with Gasteiger partial charge in [0.1, 0.15) is 0 Å². The molecule has 2 nitrogen and oxygen atoms in total. The second kappa shape index (κ2) is 5.09. The number of fused-ring (bicyclic) bond motifs is 1. The Bertz CT molecular complexity index is 526. The maximum atomic E-state index is 10.7. The van der Waals surface area contributed by atoms with Gasteiger partial charge >= 0.3 is 0 Å². The molecule has 3 N–H and O–H groups in total. The van der Waals surface area contributed by atoms with Gasteiger partial charge in [0.15, 0.2) is 0 Å². The van der Waals surface area contributed by atoms with Crippen LogP contribution in [0.3, 0.4) is 0 Å². The molecule has 0 aromatic heterocycles. The minimum atomic E-state index is -0.529. The largest absolute Gasteiger partial charge is 0.388 e. The molecule has 2 aromatic carbocycles. The number of nitrogens with two attached hydrogens (primary N) is 1. The van der Waals surface area contributed by atoms with E-state index >= 15 is 0 Å². The van der Waals surface area contributed by atoms with Crippen molar-refractivity contribution in [1.82, 2.24) is 0 Å². The van der Waals surface area contributed by atoms with E-state index in [0.717, 1.165) is 22.8 Å². The Kier molecular flexibility index (Phi) is 3.69. The van der Waals surface area contributed by atoms with Crippen LogP contribution in [0, 0.1) is 5.41 Å². The lowest BCUT2D eigenvalue weighted by Crippen LogP contribution is -2.33. The molecule has 0 radical (unpaired) electrons. The SMILES string of the molecule is CCC(C)(CN)C(O)c1cccc2ccccc12. The molecule has 0 amide bonds. The maximum absolute atomic E-state index is 10.7. The fourth-order valence-corrected chi connectivity index (χ4v) is 2.31. The Balaban J connectivity index is 2.54. The van der Waals surface area contributed by atoms with Crippen LogP contribution in [0.2, 0.25) is 0 Å². The second-order valence-electron chi connectivity index (χ2n) is 5.18. The maximum Gasteiger partial charge on any atom is 0.0861 e. The van der Waals surface area contributed by atoms with Gasteiger partial charge < -0.3 is 10.8 Å². The van der Waals surface area contributed by atoms with E-state index in [1.54, 1.807) is 0 Å². The van der Waals surface area contributed by atoms with Crippen molar-refractivity contribution < 1.29 is 5.11 Å². The average molecular weight is 243 g/mol. The molecule has 0 heterocycles. The average Bonchev–Trinajstić information content (AvgIpc) is 2.45. The van der Waals surface area contributed by atoms with Gasteiger partial charge in [0.2, 0.25) is 0 Å². The fourth-order valence-electron chi connectivity index (χ4n) is 2.31. The Morgan fingerprint density at radius 2 is 1.83 bits per heavy atom. The quantitative estimate of drug-likeness (QED) is 0.866. The van der Waals surface area contributed by atoms with Gasteiger partial charge in [-0.3, -0.25) is 0 Å². The molecule has 0 saturated heterocycles. The lowest BCUT2D eigenvalue weighted by Gasteiger charge is -2.33. The Labute approximate surface area is 108 Å². The third-order valence-corrected chi connectivity index (χ3v) is 4.05. The number of aliphatic hydroxyl groups is 1. The normalized spacial score (nSPS) is 16.4. The van der Waals surface area contributed by atoms with Crippen molar-refractivity contribution in [2.45, 2.75) is 26.4 Å². The van der Waals surface area contributed by atoms with E-state index in [-0.39, 0.29) is 5.41 Å². The van der Waals surface area contributed by atoms with Gasteiger partial charge in [-0.05, 0) is 22.8 Å². The molecule has 2 atom stereocenters. The predicted octanol–water partition coefficient (Wildman–Crippen LogP) is 3.25. The standard InChI is InChI=1S/C16H21NO/c1-3-16(2,11-17)15(18)14-10-6-8-12-7-4-5-9-13(12)14/h4-10,15,18H,3,11,17H2,1-2H3. The molecule has 0 aliphatic rings. The monoisotopic (exact) mass is 243 g/mol. The Hall–Kier alpha value is -1.38. The van der Waals surface area contributed by atoms with Gasteiger partial charge in [-0.15, -0.1) is 0 Å². The first-order chi connectivity index (χ1) is 8.62. The van der Waals surface area contributed by atoms with E-state index in [1.165, 1.54) is 0 Å². The lowest BCUT2D eigenvalue weighted by atomic mass is 9.77. The third kappa shape index (κ3) is 2.14. The molecule has 0 bridgehead atoms. The van der Waals surface area contributed by atoms with Gasteiger partial charge in [0.25, 0.3) is 0 Å². The van der Waals surface area contributed by atoms with Crippen LogP contribution in [0.25, 0.3) is 10.8 Å². The first-order valence-electron chi connectivity index (χ1n) is 6.48. The number of hydrogen-bond donors (Lipinski definition) is 2. The van der Waals surface area contributed by atoms with Gasteiger partial charge in [0, 0.05) is 12.0 Å². The molecule has 2 heteroatoms. The summed E-state index contributed by atoms with van der Waals surface area (Å²) in [4.78, 5) is 0. The van der Waals surface area contributed by atoms with Crippen LogP contribution < -0.4 is 5.73 Å². The molecule has 18 heavy (non-hydrogen) atoms. The Morgan fingerprint density at radius 3 is 2.50 bits per heavy atom. The highest BCUT2D eigenvalue weighted by Crippen LogP contribution is 2.38. The number of hydrogen-bond acceptors (Lipinski definition) is 2. The van der Waals surface area contributed by atoms with Crippen molar-refractivity contribution >= 4 is 10.8 Å². The van der Waals surface area contributed by atoms with Crippen molar-refractivity contribution in [3.05, 3.63) is 48.0 Å². The van der Waals surface area contributed by atoms with Crippen molar-refractivity contribution in [1.29, 1.82) is 0 Å². The van der Waals surface area contributed by atoms with Crippen LogP contribution in [0.5, 0.6) is 0 Å². The Morgan fingerprint density at radius 1 is 1.17 bits per heavy atom. The van der Waals surface area contributed by atoms with Crippen molar-refractivity contribution in [2.75, 3.05) is 6.54 Å². The zero-order valence-electron chi connectivity index (χ0n) is 11.1. The molecule has 2 rings (SSSR count). The van der Waals surface area contributed by atoms with Crippen LogP contribution in [0.4, 0.5) is 0 Å². The fraction of sp³-hybridized carbons (Fsp3) is 0.375. The second-order valence-corrected chi connectivity index (χ2v) is 5.18. The number of benzene rings is 2.